The maximum Gasteiger partial charge on any atom is 0.0278 e. The summed E-state index contributed by atoms with van der Waals surface area (Å²) in [6, 6.07) is 1.03. The molecule has 0 spiro atoms. The van der Waals surface area contributed by atoms with E-state index in [1.807, 2.05) is 0 Å². The second kappa shape index (κ2) is 2.71. The van der Waals surface area contributed by atoms with Gasteiger partial charge >= 0.3 is 0 Å². The second-order valence-corrected chi connectivity index (χ2v) is 5.18. The molecule has 2 heteroatoms. The van der Waals surface area contributed by atoms with Gasteiger partial charge in [0, 0.05) is 23.2 Å². The molecule has 0 saturated carbocycles. The second-order valence-electron chi connectivity index (χ2n) is 5.18. The molecule has 1 saturated heterocycles. The summed E-state index contributed by atoms with van der Waals surface area (Å²) in [5, 5.41) is 7.27. The van der Waals surface area contributed by atoms with Crippen molar-refractivity contribution in [3.63, 3.8) is 0 Å². The monoisotopic (exact) mass is 170 g/mol. The average molecular weight is 170 g/mol. The molecular formula is C10H22N2. The van der Waals surface area contributed by atoms with Crippen LogP contribution >= 0.6 is 0 Å². The molecule has 0 radical (unpaired) electrons. The van der Waals surface area contributed by atoms with Crippen molar-refractivity contribution in [2.75, 3.05) is 0 Å². The van der Waals surface area contributed by atoms with Crippen LogP contribution in [-0.2, 0) is 0 Å². The molecule has 2 N–H and O–H groups in total. The first-order valence-electron chi connectivity index (χ1n) is 4.81. The Morgan fingerprint density at radius 3 is 1.25 bits per heavy atom. The van der Waals surface area contributed by atoms with Gasteiger partial charge in [0.15, 0.2) is 0 Å². The topological polar surface area (TPSA) is 24.1 Å². The molecule has 0 aromatic carbocycles. The molecule has 2 nitrogen and oxygen atoms in total. The van der Waals surface area contributed by atoms with Gasteiger partial charge < -0.3 is 10.6 Å². The third-order valence-electron chi connectivity index (χ3n) is 3.34. The van der Waals surface area contributed by atoms with E-state index in [0.29, 0.717) is 12.1 Å². The summed E-state index contributed by atoms with van der Waals surface area (Å²) in [5.74, 6) is 0. The molecule has 0 aromatic rings. The first-order valence-corrected chi connectivity index (χ1v) is 4.81. The van der Waals surface area contributed by atoms with Gasteiger partial charge in [0.1, 0.15) is 0 Å². The zero-order valence-electron chi connectivity index (χ0n) is 9.15. The van der Waals surface area contributed by atoms with Gasteiger partial charge in [-0.2, -0.15) is 0 Å². The zero-order chi connectivity index (χ0) is 9.57. The smallest absolute Gasteiger partial charge is 0.0278 e. The maximum atomic E-state index is 3.63. The van der Waals surface area contributed by atoms with Crippen molar-refractivity contribution >= 4 is 0 Å². The Labute approximate surface area is 76.1 Å². The quantitative estimate of drug-likeness (QED) is 0.576. The van der Waals surface area contributed by atoms with Gasteiger partial charge in [0.05, 0.1) is 0 Å². The summed E-state index contributed by atoms with van der Waals surface area (Å²) in [5.41, 5.74) is 0.407. The largest absolute Gasteiger partial charge is 0.306 e. The normalized spacial score (nSPS) is 39.5. The molecule has 0 bridgehead atoms. The molecule has 1 aliphatic heterocycles. The minimum absolute atomic E-state index is 0.203. The Balaban J connectivity index is 2.76. The van der Waals surface area contributed by atoms with Crippen LogP contribution in [0.3, 0.4) is 0 Å². The van der Waals surface area contributed by atoms with Crippen molar-refractivity contribution in [2.45, 2.75) is 64.7 Å². The predicted octanol–water partition coefficient (Wildman–Crippen LogP) is 1.51. The van der Waals surface area contributed by atoms with Crippen LogP contribution in [-0.4, -0.2) is 23.2 Å². The number of nitrogens with one attached hydrogen (secondary N) is 2. The summed E-state index contributed by atoms with van der Waals surface area (Å²) in [6.45, 7) is 13.5. The van der Waals surface area contributed by atoms with E-state index in [1.54, 1.807) is 0 Å². The van der Waals surface area contributed by atoms with E-state index in [1.165, 1.54) is 0 Å². The Morgan fingerprint density at radius 1 is 0.750 bits per heavy atom. The fourth-order valence-corrected chi connectivity index (χ4v) is 1.73. The summed E-state index contributed by atoms with van der Waals surface area (Å²) in [7, 11) is 0. The lowest BCUT2D eigenvalue weighted by molar-refractivity contribution is 0.117. The predicted molar refractivity (Wildman–Crippen MR) is 53.4 cm³/mol. The number of rotatable bonds is 0. The van der Waals surface area contributed by atoms with Crippen molar-refractivity contribution in [2.24, 2.45) is 0 Å². The molecule has 1 rings (SSSR count). The lowest BCUT2D eigenvalue weighted by Gasteiger charge is -2.51. The summed E-state index contributed by atoms with van der Waals surface area (Å²) in [6.07, 6.45) is 0. The van der Waals surface area contributed by atoms with Crippen molar-refractivity contribution in [3.05, 3.63) is 0 Å². The van der Waals surface area contributed by atoms with Crippen LogP contribution in [0.1, 0.15) is 41.5 Å². The van der Waals surface area contributed by atoms with Crippen LogP contribution < -0.4 is 10.6 Å². The van der Waals surface area contributed by atoms with Crippen molar-refractivity contribution in [1.29, 1.82) is 0 Å². The lowest BCUT2D eigenvalue weighted by atomic mass is 9.83. The minimum Gasteiger partial charge on any atom is -0.306 e. The van der Waals surface area contributed by atoms with Crippen LogP contribution in [0.4, 0.5) is 0 Å². The van der Waals surface area contributed by atoms with Gasteiger partial charge in [-0.25, -0.2) is 0 Å². The van der Waals surface area contributed by atoms with Gasteiger partial charge in [0.25, 0.3) is 0 Å². The van der Waals surface area contributed by atoms with Gasteiger partial charge in [-0.1, -0.05) is 0 Å². The van der Waals surface area contributed by atoms with E-state index in [-0.39, 0.29) is 11.1 Å². The van der Waals surface area contributed by atoms with Gasteiger partial charge in [-0.15, -0.1) is 0 Å². The molecule has 1 fully saturated rings. The summed E-state index contributed by atoms with van der Waals surface area (Å²) in [4.78, 5) is 0. The summed E-state index contributed by atoms with van der Waals surface area (Å²) < 4.78 is 0. The van der Waals surface area contributed by atoms with Crippen LogP contribution in [0, 0.1) is 0 Å². The average Bonchev–Trinajstić information content (AvgIpc) is 1.82. The van der Waals surface area contributed by atoms with Crippen molar-refractivity contribution in [3.8, 4) is 0 Å². The molecular weight excluding hydrogens is 148 g/mol. The van der Waals surface area contributed by atoms with Crippen LogP contribution in [0.15, 0.2) is 0 Å². The Morgan fingerprint density at radius 2 is 1.00 bits per heavy atom. The standard InChI is InChI=1S/C10H22N2/c1-7-9(3,4)12-8(2)10(5,6)11-7/h7-8,11-12H,1-6H3. The van der Waals surface area contributed by atoms with E-state index in [9.17, 15) is 0 Å². The van der Waals surface area contributed by atoms with E-state index in [0.717, 1.165) is 0 Å². The van der Waals surface area contributed by atoms with Crippen LogP contribution in [0.2, 0.25) is 0 Å². The highest BCUT2D eigenvalue weighted by Crippen LogP contribution is 2.23. The fourth-order valence-electron chi connectivity index (χ4n) is 1.73. The SMILES string of the molecule is CC1NC(C)(C)C(C)NC1(C)C. The number of hydrogen-bond donors (Lipinski definition) is 2. The van der Waals surface area contributed by atoms with Crippen molar-refractivity contribution in [1.82, 2.24) is 10.6 Å². The lowest BCUT2D eigenvalue weighted by Crippen LogP contribution is -2.73. The Bertz CT molecular complexity index is 153. The van der Waals surface area contributed by atoms with E-state index >= 15 is 0 Å². The minimum atomic E-state index is 0.203. The van der Waals surface area contributed by atoms with Gasteiger partial charge in [-0.3, -0.25) is 0 Å². The molecule has 1 aliphatic rings. The Hall–Kier alpha value is -0.0800. The molecule has 2 unspecified atom stereocenters. The molecule has 0 aliphatic carbocycles. The first-order chi connectivity index (χ1) is 5.26. The number of piperazine rings is 1. The Kier molecular flexibility index (Phi) is 2.26. The highest BCUT2D eigenvalue weighted by atomic mass is 15.2. The highest BCUT2D eigenvalue weighted by Gasteiger charge is 2.40. The first kappa shape index (κ1) is 10.0. The van der Waals surface area contributed by atoms with Gasteiger partial charge in [0.2, 0.25) is 0 Å². The van der Waals surface area contributed by atoms with Crippen LogP contribution in [0.5, 0.6) is 0 Å². The van der Waals surface area contributed by atoms with Crippen LogP contribution in [0.25, 0.3) is 0 Å². The molecule has 1 heterocycles. The molecule has 72 valence electrons. The number of hydrogen-bond acceptors (Lipinski definition) is 2. The summed E-state index contributed by atoms with van der Waals surface area (Å²) >= 11 is 0. The zero-order valence-corrected chi connectivity index (χ0v) is 9.15. The fraction of sp³-hybridized carbons (Fsp3) is 1.00. The third kappa shape index (κ3) is 1.64. The molecule has 2 atom stereocenters. The van der Waals surface area contributed by atoms with Gasteiger partial charge in [-0.05, 0) is 41.5 Å². The third-order valence-corrected chi connectivity index (χ3v) is 3.34. The van der Waals surface area contributed by atoms with E-state index in [2.05, 4.69) is 52.2 Å². The maximum absolute atomic E-state index is 3.63. The van der Waals surface area contributed by atoms with E-state index in [4.69, 9.17) is 0 Å². The molecule has 0 amide bonds. The molecule has 12 heavy (non-hydrogen) atoms. The highest BCUT2D eigenvalue weighted by molar-refractivity contribution is 5.04. The van der Waals surface area contributed by atoms with Crippen molar-refractivity contribution < 1.29 is 0 Å². The van der Waals surface area contributed by atoms with E-state index < -0.39 is 0 Å². The molecule has 0 aromatic heterocycles.